The quantitative estimate of drug-likeness (QED) is 0.660. The zero-order chi connectivity index (χ0) is 11.8. The molecule has 0 aromatic rings. The summed E-state index contributed by atoms with van der Waals surface area (Å²) in [7, 11) is 0. The molecular formula is C12H20N2O2. The number of terminal acetylenes is 1. The average Bonchev–Trinajstić information content (AvgIpc) is 2.29. The molecule has 0 aliphatic carbocycles. The van der Waals surface area contributed by atoms with Crippen molar-refractivity contribution in [2.45, 2.75) is 38.3 Å². The highest BCUT2D eigenvalue weighted by atomic mass is 16.5. The van der Waals surface area contributed by atoms with Crippen LogP contribution in [0.1, 0.15) is 26.2 Å². The first-order valence-corrected chi connectivity index (χ1v) is 5.80. The largest absolute Gasteiger partial charge is 0.378 e. The van der Waals surface area contributed by atoms with Gasteiger partial charge in [-0.25, -0.2) is 0 Å². The lowest BCUT2D eigenvalue weighted by Crippen LogP contribution is -2.45. The van der Waals surface area contributed by atoms with Gasteiger partial charge in [0, 0.05) is 31.5 Å². The highest BCUT2D eigenvalue weighted by Crippen LogP contribution is 2.01. The molecule has 1 aliphatic heterocycles. The van der Waals surface area contributed by atoms with Crippen molar-refractivity contribution in [3.63, 3.8) is 0 Å². The van der Waals surface area contributed by atoms with E-state index in [1.165, 1.54) is 0 Å². The fourth-order valence-electron chi connectivity index (χ4n) is 1.70. The molecule has 1 aliphatic rings. The molecule has 2 atom stereocenters. The second kappa shape index (κ2) is 7.26. The monoisotopic (exact) mass is 224 g/mol. The Morgan fingerprint density at radius 2 is 2.56 bits per heavy atom. The molecule has 0 spiro atoms. The van der Waals surface area contributed by atoms with Crippen LogP contribution in [0.5, 0.6) is 0 Å². The SMILES string of the molecule is C#CCC(CC)NC(=O)CC1COCCN1. The Balaban J connectivity index is 2.25. The first-order valence-electron chi connectivity index (χ1n) is 5.80. The predicted octanol–water partition coefficient (Wildman–Crippen LogP) is 0.283. The molecule has 2 unspecified atom stereocenters. The fourth-order valence-corrected chi connectivity index (χ4v) is 1.70. The van der Waals surface area contributed by atoms with Gasteiger partial charge in [-0.3, -0.25) is 4.79 Å². The van der Waals surface area contributed by atoms with Crippen molar-refractivity contribution in [1.29, 1.82) is 0 Å². The van der Waals surface area contributed by atoms with Crippen molar-refractivity contribution >= 4 is 5.91 Å². The van der Waals surface area contributed by atoms with E-state index < -0.39 is 0 Å². The van der Waals surface area contributed by atoms with Crippen LogP contribution in [-0.4, -0.2) is 37.7 Å². The maximum atomic E-state index is 11.7. The maximum absolute atomic E-state index is 11.7. The number of ether oxygens (including phenoxy) is 1. The third kappa shape index (κ3) is 4.65. The minimum Gasteiger partial charge on any atom is -0.378 e. The van der Waals surface area contributed by atoms with Crippen LogP contribution in [-0.2, 0) is 9.53 Å². The van der Waals surface area contributed by atoms with Crippen LogP contribution < -0.4 is 10.6 Å². The van der Waals surface area contributed by atoms with Crippen molar-refractivity contribution < 1.29 is 9.53 Å². The van der Waals surface area contributed by atoms with Gasteiger partial charge in [0.2, 0.25) is 5.91 Å². The number of nitrogens with one attached hydrogen (secondary N) is 2. The molecule has 1 heterocycles. The van der Waals surface area contributed by atoms with Crippen molar-refractivity contribution in [2.75, 3.05) is 19.8 Å². The predicted molar refractivity (Wildman–Crippen MR) is 62.9 cm³/mol. The van der Waals surface area contributed by atoms with Gasteiger partial charge in [-0.1, -0.05) is 6.92 Å². The van der Waals surface area contributed by atoms with Crippen LogP contribution in [0.25, 0.3) is 0 Å². The molecule has 0 aromatic carbocycles. The minimum atomic E-state index is 0.0464. The van der Waals surface area contributed by atoms with Crippen molar-refractivity contribution in [2.24, 2.45) is 0 Å². The Labute approximate surface area is 97.1 Å². The Morgan fingerprint density at radius 1 is 1.75 bits per heavy atom. The van der Waals surface area contributed by atoms with Crippen LogP contribution in [0.15, 0.2) is 0 Å². The van der Waals surface area contributed by atoms with Crippen LogP contribution in [0.3, 0.4) is 0 Å². The van der Waals surface area contributed by atoms with E-state index in [9.17, 15) is 4.79 Å². The second-order valence-electron chi connectivity index (χ2n) is 4.01. The highest BCUT2D eigenvalue weighted by molar-refractivity contribution is 5.77. The Hall–Kier alpha value is -1.05. The molecule has 0 bridgehead atoms. The van der Waals surface area contributed by atoms with Gasteiger partial charge < -0.3 is 15.4 Å². The van der Waals surface area contributed by atoms with Gasteiger partial charge in [0.05, 0.1) is 13.2 Å². The van der Waals surface area contributed by atoms with E-state index in [1.807, 2.05) is 6.92 Å². The van der Waals surface area contributed by atoms with Crippen molar-refractivity contribution in [3.05, 3.63) is 0 Å². The van der Waals surface area contributed by atoms with E-state index in [1.54, 1.807) is 0 Å². The third-order valence-electron chi connectivity index (χ3n) is 2.65. The number of hydrogen-bond donors (Lipinski definition) is 2. The smallest absolute Gasteiger partial charge is 0.221 e. The summed E-state index contributed by atoms with van der Waals surface area (Å²) in [6.45, 7) is 4.18. The van der Waals surface area contributed by atoms with Crippen LogP contribution >= 0.6 is 0 Å². The average molecular weight is 224 g/mol. The number of carbonyl (C=O) groups is 1. The summed E-state index contributed by atoms with van der Waals surface area (Å²) < 4.78 is 5.29. The standard InChI is InChI=1S/C12H20N2O2/c1-3-5-10(4-2)14-12(15)8-11-9-16-7-6-13-11/h1,10-11,13H,4-9H2,2H3,(H,14,15). The number of rotatable bonds is 5. The normalized spacial score (nSPS) is 22.1. The maximum Gasteiger partial charge on any atom is 0.221 e. The molecule has 4 heteroatoms. The number of hydrogen-bond acceptors (Lipinski definition) is 3. The molecule has 2 N–H and O–H groups in total. The van der Waals surface area contributed by atoms with Gasteiger partial charge in [-0.05, 0) is 6.42 Å². The summed E-state index contributed by atoms with van der Waals surface area (Å²) >= 11 is 0. The lowest BCUT2D eigenvalue weighted by atomic mass is 10.1. The fraction of sp³-hybridized carbons (Fsp3) is 0.750. The molecule has 0 saturated carbocycles. The van der Waals surface area contributed by atoms with E-state index in [0.717, 1.165) is 19.6 Å². The summed E-state index contributed by atoms with van der Waals surface area (Å²) in [5.74, 6) is 2.62. The first-order chi connectivity index (χ1) is 7.76. The lowest BCUT2D eigenvalue weighted by Gasteiger charge is -2.24. The zero-order valence-corrected chi connectivity index (χ0v) is 9.79. The topological polar surface area (TPSA) is 50.4 Å². The number of carbonyl (C=O) groups excluding carboxylic acids is 1. The zero-order valence-electron chi connectivity index (χ0n) is 9.79. The number of amides is 1. The van der Waals surface area contributed by atoms with E-state index >= 15 is 0 Å². The van der Waals surface area contributed by atoms with Gasteiger partial charge in [-0.2, -0.15) is 0 Å². The van der Waals surface area contributed by atoms with Gasteiger partial charge in [-0.15, -0.1) is 12.3 Å². The summed E-state index contributed by atoms with van der Waals surface area (Å²) in [5, 5.41) is 6.19. The van der Waals surface area contributed by atoms with Gasteiger partial charge >= 0.3 is 0 Å². The van der Waals surface area contributed by atoms with Crippen LogP contribution in [0.4, 0.5) is 0 Å². The van der Waals surface area contributed by atoms with E-state index in [2.05, 4.69) is 16.6 Å². The minimum absolute atomic E-state index is 0.0464. The molecule has 4 nitrogen and oxygen atoms in total. The number of morpholine rings is 1. The molecule has 1 saturated heterocycles. The van der Waals surface area contributed by atoms with Crippen molar-refractivity contribution in [1.82, 2.24) is 10.6 Å². The second-order valence-corrected chi connectivity index (χ2v) is 4.01. The van der Waals surface area contributed by atoms with E-state index in [4.69, 9.17) is 11.2 Å². The van der Waals surface area contributed by atoms with Gasteiger partial charge in [0.25, 0.3) is 0 Å². The van der Waals surface area contributed by atoms with E-state index in [0.29, 0.717) is 19.4 Å². The Kier molecular flexibility index (Phi) is 5.91. The van der Waals surface area contributed by atoms with Gasteiger partial charge in [0.15, 0.2) is 0 Å². The molecule has 1 rings (SSSR count). The molecule has 1 amide bonds. The summed E-state index contributed by atoms with van der Waals surface area (Å²) in [6, 6.07) is 0.235. The lowest BCUT2D eigenvalue weighted by molar-refractivity contribution is -0.123. The molecular weight excluding hydrogens is 204 g/mol. The summed E-state index contributed by atoms with van der Waals surface area (Å²) in [4.78, 5) is 11.7. The molecule has 90 valence electrons. The van der Waals surface area contributed by atoms with Gasteiger partial charge in [0.1, 0.15) is 0 Å². The molecule has 1 fully saturated rings. The Morgan fingerprint density at radius 3 is 3.12 bits per heavy atom. The van der Waals surface area contributed by atoms with Crippen molar-refractivity contribution in [3.8, 4) is 12.3 Å². The summed E-state index contributed by atoms with van der Waals surface area (Å²) in [5.41, 5.74) is 0. The van der Waals surface area contributed by atoms with Crippen LogP contribution in [0, 0.1) is 12.3 Å². The molecule has 0 radical (unpaired) electrons. The van der Waals surface area contributed by atoms with E-state index in [-0.39, 0.29) is 18.0 Å². The first kappa shape index (κ1) is 13.0. The Bertz CT molecular complexity index is 254. The molecule has 0 aromatic heterocycles. The highest BCUT2D eigenvalue weighted by Gasteiger charge is 2.18. The third-order valence-corrected chi connectivity index (χ3v) is 2.65. The molecule has 16 heavy (non-hydrogen) atoms. The summed E-state index contributed by atoms with van der Waals surface area (Å²) in [6.07, 6.45) is 7.15. The van der Waals surface area contributed by atoms with Crippen LogP contribution in [0.2, 0.25) is 0 Å².